The molecule has 0 saturated carbocycles. The van der Waals surface area contributed by atoms with E-state index in [-0.39, 0.29) is 5.91 Å². The van der Waals surface area contributed by atoms with Crippen molar-refractivity contribution in [2.24, 2.45) is 0 Å². The van der Waals surface area contributed by atoms with E-state index >= 15 is 0 Å². The smallest absolute Gasteiger partial charge is 0.251 e. The van der Waals surface area contributed by atoms with Crippen molar-refractivity contribution >= 4 is 5.91 Å². The number of carbonyl (C=O) groups excluding carboxylic acids is 1. The number of hydrogen-bond acceptors (Lipinski definition) is 2. The normalized spacial score (nSPS) is 12.2. The average molecular weight is 234 g/mol. The molecule has 0 aromatic heterocycles. The first-order valence-corrected chi connectivity index (χ1v) is 6.14. The van der Waals surface area contributed by atoms with Gasteiger partial charge in [-0.15, -0.1) is 0 Å². The lowest BCUT2D eigenvalue weighted by molar-refractivity contribution is 0.0949. The summed E-state index contributed by atoms with van der Waals surface area (Å²) in [5.41, 5.74) is 2.98. The van der Waals surface area contributed by atoms with Crippen LogP contribution in [0.15, 0.2) is 18.2 Å². The highest BCUT2D eigenvalue weighted by Crippen LogP contribution is 2.12. The standard InChI is InChI=1S/C14H22N2O/c1-5-15-11(3)9-16-14(17)13-8-6-7-10(2)12(13)4/h6-8,11,15H,5,9H2,1-4H3,(H,16,17)/t11-/m1/s1. The van der Waals surface area contributed by atoms with Crippen LogP contribution in [0.3, 0.4) is 0 Å². The number of rotatable bonds is 5. The number of benzene rings is 1. The lowest BCUT2D eigenvalue weighted by atomic mass is 10.0. The van der Waals surface area contributed by atoms with Crippen LogP contribution >= 0.6 is 0 Å². The van der Waals surface area contributed by atoms with Gasteiger partial charge in [0.1, 0.15) is 0 Å². The van der Waals surface area contributed by atoms with Crippen molar-refractivity contribution < 1.29 is 4.79 Å². The van der Waals surface area contributed by atoms with E-state index in [2.05, 4.69) is 24.5 Å². The first-order valence-electron chi connectivity index (χ1n) is 6.14. The zero-order valence-electron chi connectivity index (χ0n) is 11.1. The largest absolute Gasteiger partial charge is 0.350 e. The Morgan fingerprint density at radius 2 is 2.06 bits per heavy atom. The van der Waals surface area contributed by atoms with Crippen LogP contribution in [0.2, 0.25) is 0 Å². The van der Waals surface area contributed by atoms with Gasteiger partial charge in [-0.1, -0.05) is 19.1 Å². The first-order chi connectivity index (χ1) is 8.06. The van der Waals surface area contributed by atoms with Crippen LogP contribution in [0.4, 0.5) is 0 Å². The minimum absolute atomic E-state index is 0.0101. The molecule has 3 heteroatoms. The van der Waals surface area contributed by atoms with Gasteiger partial charge in [0, 0.05) is 18.2 Å². The first kappa shape index (κ1) is 13.7. The second-order valence-electron chi connectivity index (χ2n) is 4.42. The number of hydrogen-bond donors (Lipinski definition) is 2. The van der Waals surface area contributed by atoms with Gasteiger partial charge < -0.3 is 10.6 Å². The van der Waals surface area contributed by atoms with Crippen molar-refractivity contribution in [3.05, 3.63) is 34.9 Å². The molecule has 0 fully saturated rings. The fourth-order valence-electron chi connectivity index (χ4n) is 1.76. The summed E-state index contributed by atoms with van der Waals surface area (Å²) >= 11 is 0. The Morgan fingerprint density at radius 1 is 1.35 bits per heavy atom. The number of aryl methyl sites for hydroxylation is 1. The van der Waals surface area contributed by atoms with E-state index in [9.17, 15) is 4.79 Å². The lowest BCUT2D eigenvalue weighted by Gasteiger charge is -2.14. The summed E-state index contributed by atoms with van der Waals surface area (Å²) in [4.78, 5) is 12.0. The van der Waals surface area contributed by atoms with Gasteiger partial charge in [-0.2, -0.15) is 0 Å². The summed E-state index contributed by atoms with van der Waals surface area (Å²) in [5, 5.41) is 6.21. The van der Waals surface area contributed by atoms with E-state index in [0.717, 1.165) is 23.2 Å². The molecule has 1 aromatic carbocycles. The molecule has 0 aliphatic rings. The van der Waals surface area contributed by atoms with Gasteiger partial charge in [-0.05, 0) is 44.5 Å². The second-order valence-corrected chi connectivity index (χ2v) is 4.42. The predicted molar refractivity (Wildman–Crippen MR) is 71.4 cm³/mol. The highest BCUT2D eigenvalue weighted by atomic mass is 16.1. The summed E-state index contributed by atoms with van der Waals surface area (Å²) < 4.78 is 0. The van der Waals surface area contributed by atoms with E-state index in [1.54, 1.807) is 0 Å². The fourth-order valence-corrected chi connectivity index (χ4v) is 1.76. The fraction of sp³-hybridized carbons (Fsp3) is 0.500. The van der Waals surface area contributed by atoms with E-state index in [0.29, 0.717) is 12.6 Å². The van der Waals surface area contributed by atoms with Crippen molar-refractivity contribution in [2.75, 3.05) is 13.1 Å². The van der Waals surface area contributed by atoms with Crippen molar-refractivity contribution in [3.63, 3.8) is 0 Å². The van der Waals surface area contributed by atoms with Crippen LogP contribution in [0, 0.1) is 13.8 Å². The van der Waals surface area contributed by atoms with Gasteiger partial charge in [-0.3, -0.25) is 4.79 Å². The van der Waals surface area contributed by atoms with Gasteiger partial charge >= 0.3 is 0 Å². The second kappa shape index (κ2) is 6.40. The highest BCUT2D eigenvalue weighted by Gasteiger charge is 2.10. The van der Waals surface area contributed by atoms with E-state index < -0.39 is 0 Å². The zero-order chi connectivity index (χ0) is 12.8. The number of carbonyl (C=O) groups is 1. The van der Waals surface area contributed by atoms with E-state index in [1.165, 1.54) is 0 Å². The van der Waals surface area contributed by atoms with Crippen molar-refractivity contribution in [3.8, 4) is 0 Å². The molecule has 94 valence electrons. The third kappa shape index (κ3) is 3.86. The van der Waals surface area contributed by atoms with Crippen LogP contribution in [0.25, 0.3) is 0 Å². The molecule has 0 aliphatic carbocycles. The molecule has 0 heterocycles. The van der Waals surface area contributed by atoms with Gasteiger partial charge in [0.05, 0.1) is 0 Å². The molecule has 17 heavy (non-hydrogen) atoms. The Labute approximate surface area is 104 Å². The Balaban J connectivity index is 2.61. The third-order valence-electron chi connectivity index (χ3n) is 2.97. The monoisotopic (exact) mass is 234 g/mol. The molecule has 0 bridgehead atoms. The molecule has 0 aliphatic heterocycles. The van der Waals surface area contributed by atoms with E-state index in [4.69, 9.17) is 0 Å². The van der Waals surface area contributed by atoms with Gasteiger partial charge in [0.25, 0.3) is 5.91 Å². The summed E-state index contributed by atoms with van der Waals surface area (Å²) in [5.74, 6) is 0.0101. The van der Waals surface area contributed by atoms with E-state index in [1.807, 2.05) is 32.0 Å². The third-order valence-corrected chi connectivity index (χ3v) is 2.97. The maximum absolute atomic E-state index is 12.0. The maximum atomic E-state index is 12.0. The Morgan fingerprint density at radius 3 is 2.71 bits per heavy atom. The molecule has 0 spiro atoms. The molecule has 0 radical (unpaired) electrons. The van der Waals surface area contributed by atoms with Crippen LogP contribution in [0.1, 0.15) is 35.3 Å². The Bertz CT molecular complexity index is 388. The van der Waals surface area contributed by atoms with Crippen LogP contribution in [-0.2, 0) is 0 Å². The van der Waals surface area contributed by atoms with Crippen LogP contribution in [-0.4, -0.2) is 25.0 Å². The molecule has 1 atom stereocenters. The molecular weight excluding hydrogens is 212 g/mol. The summed E-state index contributed by atoms with van der Waals surface area (Å²) in [6, 6.07) is 6.11. The summed E-state index contributed by atoms with van der Waals surface area (Å²) in [6.45, 7) is 9.70. The minimum atomic E-state index is 0.0101. The zero-order valence-corrected chi connectivity index (χ0v) is 11.1. The van der Waals surface area contributed by atoms with Gasteiger partial charge in [-0.25, -0.2) is 0 Å². The van der Waals surface area contributed by atoms with Gasteiger partial charge in [0.2, 0.25) is 0 Å². The molecule has 2 N–H and O–H groups in total. The molecular formula is C14H22N2O. The molecule has 1 amide bonds. The maximum Gasteiger partial charge on any atom is 0.251 e. The quantitative estimate of drug-likeness (QED) is 0.818. The van der Waals surface area contributed by atoms with Gasteiger partial charge in [0.15, 0.2) is 0 Å². The summed E-state index contributed by atoms with van der Waals surface area (Å²) in [7, 11) is 0. The Kier molecular flexibility index (Phi) is 5.16. The molecule has 3 nitrogen and oxygen atoms in total. The topological polar surface area (TPSA) is 41.1 Å². The number of nitrogens with one attached hydrogen (secondary N) is 2. The molecule has 1 aromatic rings. The molecule has 0 saturated heterocycles. The summed E-state index contributed by atoms with van der Waals surface area (Å²) in [6.07, 6.45) is 0. The van der Waals surface area contributed by atoms with Crippen molar-refractivity contribution in [2.45, 2.75) is 33.7 Å². The predicted octanol–water partition coefficient (Wildman–Crippen LogP) is 2.03. The average Bonchev–Trinajstić information content (AvgIpc) is 2.30. The van der Waals surface area contributed by atoms with Crippen molar-refractivity contribution in [1.82, 2.24) is 10.6 Å². The lowest BCUT2D eigenvalue weighted by Crippen LogP contribution is -2.39. The number of amides is 1. The highest BCUT2D eigenvalue weighted by molar-refractivity contribution is 5.95. The van der Waals surface area contributed by atoms with Crippen molar-refractivity contribution in [1.29, 1.82) is 0 Å². The van der Waals surface area contributed by atoms with Crippen LogP contribution in [0.5, 0.6) is 0 Å². The SMILES string of the molecule is CCN[C@H](C)CNC(=O)c1cccc(C)c1C. The minimum Gasteiger partial charge on any atom is -0.350 e. The van der Waals surface area contributed by atoms with Crippen LogP contribution < -0.4 is 10.6 Å². The number of likely N-dealkylation sites (N-methyl/N-ethyl adjacent to an activating group) is 1. The molecule has 0 unspecified atom stereocenters. The molecule has 1 rings (SSSR count). The Hall–Kier alpha value is -1.35.